The molecule has 0 aromatic carbocycles. The van der Waals surface area contributed by atoms with Gasteiger partial charge in [-0.05, 0) is 20.8 Å². The number of allylic oxidation sites excluding steroid dienone is 1. The van der Waals surface area contributed by atoms with Crippen LogP contribution in [0.2, 0.25) is 0 Å². The Labute approximate surface area is 82.9 Å². The normalized spacial score (nSPS) is 11.6. The summed E-state index contributed by atoms with van der Waals surface area (Å²) in [5.41, 5.74) is -0.192. The summed E-state index contributed by atoms with van der Waals surface area (Å²) in [7, 11) is 0. The van der Waals surface area contributed by atoms with Gasteiger partial charge in [-0.15, -0.1) is 0 Å². The van der Waals surface area contributed by atoms with Gasteiger partial charge in [-0.3, -0.25) is 4.79 Å². The number of aliphatic hydroxyl groups excluding tert-OH is 1. The molecule has 0 radical (unpaired) electrons. The summed E-state index contributed by atoms with van der Waals surface area (Å²) in [5, 5.41) is 9.16. The second kappa shape index (κ2) is 5.21. The predicted molar refractivity (Wildman–Crippen MR) is 51.8 cm³/mol. The van der Waals surface area contributed by atoms with E-state index in [0.717, 1.165) is 0 Å². The van der Waals surface area contributed by atoms with Crippen molar-refractivity contribution in [3.8, 4) is 0 Å². The molecule has 1 N–H and O–H groups in total. The minimum atomic E-state index is -0.689. The number of ether oxygens (including phenoxy) is 1. The summed E-state index contributed by atoms with van der Waals surface area (Å²) in [4.78, 5) is 22.2. The lowest BCUT2D eigenvalue weighted by Crippen LogP contribution is -2.13. The van der Waals surface area contributed by atoms with Crippen LogP contribution in [0.3, 0.4) is 0 Å². The smallest absolute Gasteiger partial charge is 0.338 e. The molecule has 0 rings (SSSR count). The zero-order valence-corrected chi connectivity index (χ0v) is 8.59. The first kappa shape index (κ1) is 12.4. The molecule has 0 amide bonds. The van der Waals surface area contributed by atoms with Crippen molar-refractivity contribution in [3.05, 3.63) is 23.5 Å². The maximum Gasteiger partial charge on any atom is 0.338 e. The lowest BCUT2D eigenvalue weighted by atomic mass is 10.0. The monoisotopic (exact) mass is 198 g/mol. The van der Waals surface area contributed by atoms with Gasteiger partial charge in [0.15, 0.2) is 5.78 Å². The second-order valence-electron chi connectivity index (χ2n) is 2.72. The second-order valence-corrected chi connectivity index (χ2v) is 2.72. The lowest BCUT2D eigenvalue weighted by molar-refractivity contribution is -0.138. The lowest BCUT2D eigenvalue weighted by Gasteiger charge is -2.07. The van der Waals surface area contributed by atoms with Crippen LogP contribution in [0.25, 0.3) is 0 Å². The minimum Gasteiger partial charge on any atom is -0.512 e. The van der Waals surface area contributed by atoms with Crippen LogP contribution in [0, 0.1) is 0 Å². The first-order chi connectivity index (χ1) is 6.41. The number of carbonyl (C=O) groups excluding carboxylic acids is 2. The number of hydrogen-bond donors (Lipinski definition) is 1. The summed E-state index contributed by atoms with van der Waals surface area (Å²) in [6.45, 7) is 7.82. The molecule has 0 aliphatic carbocycles. The van der Waals surface area contributed by atoms with E-state index in [2.05, 4.69) is 11.3 Å². The number of Topliss-reactive ketones (excluding diaryl/α,β-unsaturated/α-hetero) is 1. The van der Waals surface area contributed by atoms with E-state index in [1.807, 2.05) is 0 Å². The third-order valence-electron chi connectivity index (χ3n) is 1.54. The van der Waals surface area contributed by atoms with E-state index >= 15 is 0 Å². The van der Waals surface area contributed by atoms with Crippen molar-refractivity contribution in [1.82, 2.24) is 0 Å². The maximum absolute atomic E-state index is 11.2. The molecule has 0 saturated carbocycles. The molecule has 4 nitrogen and oxygen atoms in total. The standard InChI is InChI=1S/C10H14O4/c1-5-14-10(13)6(2)9(7(3)11)8(4)12/h11H,2,5H2,1,3-4H3/b9-7-. The molecule has 0 aromatic heterocycles. The topological polar surface area (TPSA) is 63.6 Å². The van der Waals surface area contributed by atoms with E-state index in [-0.39, 0.29) is 23.5 Å². The Morgan fingerprint density at radius 2 is 1.86 bits per heavy atom. The Bertz CT molecular complexity index is 295. The van der Waals surface area contributed by atoms with E-state index < -0.39 is 11.8 Å². The van der Waals surface area contributed by atoms with Gasteiger partial charge in [0.1, 0.15) is 5.76 Å². The number of ketones is 1. The third-order valence-corrected chi connectivity index (χ3v) is 1.54. The fourth-order valence-electron chi connectivity index (χ4n) is 1.01. The molecule has 14 heavy (non-hydrogen) atoms. The summed E-state index contributed by atoms with van der Waals surface area (Å²) in [6.07, 6.45) is 0. The van der Waals surface area contributed by atoms with Gasteiger partial charge in [0.25, 0.3) is 0 Å². The Hall–Kier alpha value is -1.58. The van der Waals surface area contributed by atoms with Gasteiger partial charge in [-0.1, -0.05) is 6.58 Å². The first-order valence-electron chi connectivity index (χ1n) is 4.19. The van der Waals surface area contributed by atoms with Gasteiger partial charge in [-0.2, -0.15) is 0 Å². The highest BCUT2D eigenvalue weighted by Crippen LogP contribution is 2.14. The van der Waals surface area contributed by atoms with Crippen molar-refractivity contribution in [2.75, 3.05) is 6.61 Å². The highest BCUT2D eigenvalue weighted by molar-refractivity contribution is 6.08. The molecule has 0 bridgehead atoms. The van der Waals surface area contributed by atoms with E-state index in [0.29, 0.717) is 0 Å². The Morgan fingerprint density at radius 1 is 1.36 bits per heavy atom. The number of esters is 1. The zero-order valence-electron chi connectivity index (χ0n) is 8.59. The molecule has 0 saturated heterocycles. The molecule has 0 atom stereocenters. The molecular formula is C10H14O4. The fraction of sp³-hybridized carbons (Fsp3) is 0.400. The first-order valence-corrected chi connectivity index (χ1v) is 4.19. The van der Waals surface area contributed by atoms with E-state index in [1.54, 1.807) is 6.92 Å². The number of hydrogen-bond acceptors (Lipinski definition) is 4. The fourth-order valence-corrected chi connectivity index (χ4v) is 1.01. The van der Waals surface area contributed by atoms with Crippen molar-refractivity contribution in [2.24, 2.45) is 0 Å². The Balaban J connectivity index is 4.91. The van der Waals surface area contributed by atoms with Gasteiger partial charge in [-0.25, -0.2) is 4.79 Å². The average molecular weight is 198 g/mol. The SMILES string of the molecule is C=C(C(=O)OCC)/C(C(C)=O)=C(\C)O. The van der Waals surface area contributed by atoms with E-state index in [1.165, 1.54) is 13.8 Å². The molecule has 4 heteroatoms. The molecule has 0 heterocycles. The Morgan fingerprint density at radius 3 is 2.14 bits per heavy atom. The van der Waals surface area contributed by atoms with Crippen LogP contribution < -0.4 is 0 Å². The minimum absolute atomic E-state index is 0.0801. The molecule has 0 aliphatic heterocycles. The summed E-state index contributed by atoms with van der Waals surface area (Å²) >= 11 is 0. The van der Waals surface area contributed by atoms with Crippen LogP contribution >= 0.6 is 0 Å². The highest BCUT2D eigenvalue weighted by Gasteiger charge is 2.19. The van der Waals surface area contributed by atoms with Crippen LogP contribution in [-0.2, 0) is 14.3 Å². The number of aliphatic hydroxyl groups is 1. The third kappa shape index (κ3) is 3.05. The van der Waals surface area contributed by atoms with Crippen LogP contribution in [0.1, 0.15) is 20.8 Å². The van der Waals surface area contributed by atoms with Crippen LogP contribution in [0.5, 0.6) is 0 Å². The quantitative estimate of drug-likeness (QED) is 0.322. The van der Waals surface area contributed by atoms with Crippen molar-refractivity contribution >= 4 is 11.8 Å². The molecule has 78 valence electrons. The maximum atomic E-state index is 11.2. The van der Waals surface area contributed by atoms with Gasteiger partial charge >= 0.3 is 5.97 Å². The van der Waals surface area contributed by atoms with Crippen molar-refractivity contribution in [1.29, 1.82) is 0 Å². The molecule has 0 spiro atoms. The van der Waals surface area contributed by atoms with Gasteiger partial charge in [0.2, 0.25) is 0 Å². The predicted octanol–water partition coefficient (Wildman–Crippen LogP) is 1.53. The average Bonchev–Trinajstić information content (AvgIpc) is 2.03. The van der Waals surface area contributed by atoms with Crippen LogP contribution in [0.4, 0.5) is 0 Å². The summed E-state index contributed by atoms with van der Waals surface area (Å²) in [5.74, 6) is -1.33. The molecule has 0 aromatic rings. The van der Waals surface area contributed by atoms with E-state index in [9.17, 15) is 9.59 Å². The molecule has 0 unspecified atom stereocenters. The molecular weight excluding hydrogens is 184 g/mol. The number of rotatable bonds is 4. The molecule has 0 fully saturated rings. The van der Waals surface area contributed by atoms with Crippen molar-refractivity contribution < 1.29 is 19.4 Å². The van der Waals surface area contributed by atoms with Gasteiger partial charge in [0.05, 0.1) is 17.8 Å². The van der Waals surface area contributed by atoms with Crippen LogP contribution in [-0.4, -0.2) is 23.5 Å². The number of carbonyl (C=O) groups is 2. The Kier molecular flexibility index (Phi) is 4.63. The van der Waals surface area contributed by atoms with Gasteiger partial charge < -0.3 is 9.84 Å². The highest BCUT2D eigenvalue weighted by atomic mass is 16.5. The van der Waals surface area contributed by atoms with Crippen LogP contribution in [0.15, 0.2) is 23.5 Å². The summed E-state index contributed by atoms with van der Waals surface area (Å²) < 4.78 is 4.65. The van der Waals surface area contributed by atoms with Crippen molar-refractivity contribution in [3.63, 3.8) is 0 Å². The molecule has 0 aliphatic rings. The zero-order chi connectivity index (χ0) is 11.3. The van der Waals surface area contributed by atoms with E-state index in [4.69, 9.17) is 5.11 Å². The van der Waals surface area contributed by atoms with Gasteiger partial charge in [0, 0.05) is 0 Å². The summed E-state index contributed by atoms with van der Waals surface area (Å²) in [6, 6.07) is 0. The largest absolute Gasteiger partial charge is 0.512 e. The van der Waals surface area contributed by atoms with Crippen molar-refractivity contribution in [2.45, 2.75) is 20.8 Å².